The molecule has 0 aliphatic carbocycles. The molecular formula is C10H14ClN3O2. The molecule has 0 atom stereocenters. The molecule has 0 aliphatic rings. The predicted molar refractivity (Wildman–Crippen MR) is 64.1 cm³/mol. The van der Waals surface area contributed by atoms with Crippen LogP contribution in [0.5, 0.6) is 0 Å². The number of pyridine rings is 1. The highest BCUT2D eigenvalue weighted by Crippen LogP contribution is 2.26. The Balaban J connectivity index is 2.99. The summed E-state index contributed by atoms with van der Waals surface area (Å²) in [5, 5.41) is 11.1. The van der Waals surface area contributed by atoms with E-state index >= 15 is 0 Å². The Labute approximate surface area is 99.2 Å². The second-order valence-electron chi connectivity index (χ2n) is 3.51. The van der Waals surface area contributed by atoms with Gasteiger partial charge in [-0.1, -0.05) is 24.9 Å². The molecule has 16 heavy (non-hydrogen) atoms. The first-order chi connectivity index (χ1) is 7.56. The maximum absolute atomic E-state index is 10.8. The van der Waals surface area contributed by atoms with Gasteiger partial charge in [0, 0.05) is 19.7 Å². The molecule has 6 heteroatoms. The number of aromatic nitrogens is 1. The highest BCUT2D eigenvalue weighted by atomic mass is 35.5. The van der Waals surface area contributed by atoms with E-state index in [0.29, 0.717) is 5.82 Å². The van der Waals surface area contributed by atoms with Gasteiger partial charge in [-0.3, -0.25) is 10.1 Å². The molecule has 5 nitrogen and oxygen atoms in total. The summed E-state index contributed by atoms with van der Waals surface area (Å²) in [7, 11) is 1.78. The van der Waals surface area contributed by atoms with Gasteiger partial charge in [0.1, 0.15) is 5.15 Å². The van der Waals surface area contributed by atoms with Gasteiger partial charge >= 0.3 is 5.69 Å². The van der Waals surface area contributed by atoms with Crippen LogP contribution in [0.4, 0.5) is 11.5 Å². The summed E-state index contributed by atoms with van der Waals surface area (Å²) < 4.78 is 0. The standard InChI is InChI=1S/C10H14ClN3O2/c1-3-4-7-13(2)10-8(14(15)16)5-6-9(11)12-10/h5-6H,3-4,7H2,1-2H3. The quantitative estimate of drug-likeness (QED) is 0.453. The number of hydrogen-bond acceptors (Lipinski definition) is 4. The Morgan fingerprint density at radius 1 is 1.56 bits per heavy atom. The molecule has 0 fully saturated rings. The largest absolute Gasteiger partial charge is 0.354 e. The van der Waals surface area contributed by atoms with E-state index in [1.165, 1.54) is 12.1 Å². The highest BCUT2D eigenvalue weighted by Gasteiger charge is 2.18. The topological polar surface area (TPSA) is 59.3 Å². The molecule has 1 aromatic rings. The summed E-state index contributed by atoms with van der Waals surface area (Å²) in [6.07, 6.45) is 1.99. The van der Waals surface area contributed by atoms with E-state index in [1.54, 1.807) is 11.9 Å². The van der Waals surface area contributed by atoms with Crippen molar-refractivity contribution in [1.82, 2.24) is 4.98 Å². The fraction of sp³-hybridized carbons (Fsp3) is 0.500. The van der Waals surface area contributed by atoms with Crippen molar-refractivity contribution >= 4 is 23.1 Å². The molecule has 0 aromatic carbocycles. The van der Waals surface area contributed by atoms with E-state index < -0.39 is 4.92 Å². The van der Waals surface area contributed by atoms with Crippen LogP contribution in [0.1, 0.15) is 19.8 Å². The zero-order chi connectivity index (χ0) is 12.1. The van der Waals surface area contributed by atoms with Crippen molar-refractivity contribution in [2.24, 2.45) is 0 Å². The highest BCUT2D eigenvalue weighted by molar-refractivity contribution is 6.29. The SMILES string of the molecule is CCCCN(C)c1nc(Cl)ccc1[N+](=O)[O-]. The van der Waals surface area contributed by atoms with Gasteiger partial charge < -0.3 is 4.90 Å². The van der Waals surface area contributed by atoms with Crippen molar-refractivity contribution in [3.8, 4) is 0 Å². The van der Waals surface area contributed by atoms with E-state index in [9.17, 15) is 10.1 Å². The predicted octanol–water partition coefficient (Wildman–Crippen LogP) is 2.88. The molecule has 1 heterocycles. The number of unbranched alkanes of at least 4 members (excludes halogenated alkanes) is 1. The molecule has 0 radical (unpaired) electrons. The lowest BCUT2D eigenvalue weighted by Gasteiger charge is -2.17. The molecule has 88 valence electrons. The van der Waals surface area contributed by atoms with Gasteiger partial charge in [-0.05, 0) is 12.5 Å². The first-order valence-electron chi connectivity index (χ1n) is 5.08. The second kappa shape index (κ2) is 5.65. The lowest BCUT2D eigenvalue weighted by molar-refractivity contribution is -0.384. The molecule has 0 spiro atoms. The van der Waals surface area contributed by atoms with Crippen LogP contribution < -0.4 is 4.90 Å². The number of nitro groups is 1. The van der Waals surface area contributed by atoms with E-state index in [4.69, 9.17) is 11.6 Å². The van der Waals surface area contributed by atoms with Crippen LogP contribution in [0, 0.1) is 10.1 Å². The molecule has 1 aromatic heterocycles. The van der Waals surface area contributed by atoms with Crippen LogP contribution >= 0.6 is 11.6 Å². The monoisotopic (exact) mass is 243 g/mol. The van der Waals surface area contributed by atoms with Crippen molar-refractivity contribution in [3.63, 3.8) is 0 Å². The molecule has 1 rings (SSSR count). The Kier molecular flexibility index (Phi) is 4.49. The van der Waals surface area contributed by atoms with E-state index in [2.05, 4.69) is 11.9 Å². The van der Waals surface area contributed by atoms with Gasteiger partial charge in [-0.2, -0.15) is 0 Å². The van der Waals surface area contributed by atoms with E-state index in [-0.39, 0.29) is 10.8 Å². The minimum Gasteiger partial charge on any atom is -0.354 e. The maximum Gasteiger partial charge on any atom is 0.311 e. The Bertz CT molecular complexity index is 384. The average molecular weight is 244 g/mol. The molecule has 0 saturated carbocycles. The first kappa shape index (κ1) is 12.7. The third-order valence-corrected chi connectivity index (χ3v) is 2.44. The molecule has 0 N–H and O–H groups in total. The smallest absolute Gasteiger partial charge is 0.311 e. The van der Waals surface area contributed by atoms with E-state index in [0.717, 1.165) is 19.4 Å². The molecule has 0 unspecified atom stereocenters. The third kappa shape index (κ3) is 3.06. The lowest BCUT2D eigenvalue weighted by atomic mass is 10.3. The fourth-order valence-corrected chi connectivity index (χ4v) is 1.49. The fourth-order valence-electron chi connectivity index (χ4n) is 1.34. The van der Waals surface area contributed by atoms with Crippen LogP contribution in [0.2, 0.25) is 5.15 Å². The zero-order valence-electron chi connectivity index (χ0n) is 9.31. The van der Waals surface area contributed by atoms with Crippen LogP contribution in [-0.4, -0.2) is 23.5 Å². The minimum absolute atomic E-state index is 0.0111. The van der Waals surface area contributed by atoms with Crippen LogP contribution in [0.25, 0.3) is 0 Å². The van der Waals surface area contributed by atoms with Crippen molar-refractivity contribution in [2.45, 2.75) is 19.8 Å². The number of rotatable bonds is 5. The summed E-state index contributed by atoms with van der Waals surface area (Å²) in [5.74, 6) is 0.325. The number of hydrogen-bond donors (Lipinski definition) is 0. The Morgan fingerprint density at radius 3 is 2.81 bits per heavy atom. The van der Waals surface area contributed by atoms with Crippen molar-refractivity contribution < 1.29 is 4.92 Å². The maximum atomic E-state index is 10.8. The first-order valence-corrected chi connectivity index (χ1v) is 5.46. The van der Waals surface area contributed by atoms with Gasteiger partial charge in [-0.15, -0.1) is 0 Å². The number of anilines is 1. The van der Waals surface area contributed by atoms with Crippen molar-refractivity contribution in [2.75, 3.05) is 18.5 Å². The van der Waals surface area contributed by atoms with E-state index in [1.807, 2.05) is 0 Å². The van der Waals surface area contributed by atoms with Gasteiger partial charge in [0.25, 0.3) is 0 Å². The molecule has 0 saturated heterocycles. The van der Waals surface area contributed by atoms with Gasteiger partial charge in [-0.25, -0.2) is 4.98 Å². The molecule has 0 amide bonds. The minimum atomic E-state index is -0.443. The summed E-state index contributed by atoms with van der Waals surface area (Å²) in [6.45, 7) is 2.79. The number of halogens is 1. The average Bonchev–Trinajstić information content (AvgIpc) is 2.25. The van der Waals surface area contributed by atoms with Crippen LogP contribution in [0.3, 0.4) is 0 Å². The molecule has 0 aliphatic heterocycles. The van der Waals surface area contributed by atoms with Gasteiger partial charge in [0.2, 0.25) is 5.82 Å². The van der Waals surface area contributed by atoms with Crippen LogP contribution in [-0.2, 0) is 0 Å². The van der Waals surface area contributed by atoms with Crippen LogP contribution in [0.15, 0.2) is 12.1 Å². The van der Waals surface area contributed by atoms with Gasteiger partial charge in [0.05, 0.1) is 4.92 Å². The second-order valence-corrected chi connectivity index (χ2v) is 3.90. The summed E-state index contributed by atoms with van der Waals surface area (Å²) in [5.41, 5.74) is -0.0111. The summed E-state index contributed by atoms with van der Waals surface area (Å²) in [6, 6.07) is 2.81. The lowest BCUT2D eigenvalue weighted by Crippen LogP contribution is -2.20. The van der Waals surface area contributed by atoms with Crippen molar-refractivity contribution in [3.05, 3.63) is 27.4 Å². The summed E-state index contributed by atoms with van der Waals surface area (Å²) >= 11 is 5.74. The summed E-state index contributed by atoms with van der Waals surface area (Å²) in [4.78, 5) is 16.1. The third-order valence-electron chi connectivity index (χ3n) is 2.23. The Morgan fingerprint density at radius 2 is 2.25 bits per heavy atom. The van der Waals surface area contributed by atoms with Gasteiger partial charge in [0.15, 0.2) is 0 Å². The molecule has 0 bridgehead atoms. The zero-order valence-corrected chi connectivity index (χ0v) is 10.1. The van der Waals surface area contributed by atoms with Crippen molar-refractivity contribution in [1.29, 1.82) is 0 Å². The number of nitrogens with zero attached hydrogens (tertiary/aromatic N) is 3. The Hall–Kier alpha value is -1.36. The normalized spacial score (nSPS) is 10.2. The molecular weight excluding hydrogens is 230 g/mol.